The van der Waals surface area contributed by atoms with E-state index < -0.39 is 5.97 Å². The second-order valence-corrected chi connectivity index (χ2v) is 9.69. The van der Waals surface area contributed by atoms with Crippen molar-refractivity contribution in [2.24, 2.45) is 5.92 Å². The first-order valence-electron chi connectivity index (χ1n) is 13.1. The van der Waals surface area contributed by atoms with Crippen molar-refractivity contribution < 1.29 is 28.9 Å². The zero-order chi connectivity index (χ0) is 26.0. The Morgan fingerprint density at radius 2 is 1.84 bits per heavy atom. The molecule has 0 bridgehead atoms. The Bertz CT molecular complexity index is 1060. The highest BCUT2D eigenvalue weighted by atomic mass is 16.5. The molecule has 1 aliphatic carbocycles. The number of allylic oxidation sites excluding steroid dienone is 2. The summed E-state index contributed by atoms with van der Waals surface area (Å²) < 4.78 is 17.2. The summed E-state index contributed by atoms with van der Waals surface area (Å²) in [5.74, 6) is 0.391. The molecule has 7 heteroatoms. The van der Waals surface area contributed by atoms with Gasteiger partial charge in [-0.2, -0.15) is 0 Å². The number of ketones is 1. The highest BCUT2D eigenvalue weighted by Crippen LogP contribution is 2.35. The number of carboxylic acid groups (broad SMARTS) is 1. The number of morpholine rings is 1. The summed E-state index contributed by atoms with van der Waals surface area (Å²) >= 11 is 0. The number of rotatable bonds is 12. The van der Waals surface area contributed by atoms with Gasteiger partial charge >= 0.3 is 5.97 Å². The minimum atomic E-state index is -0.789. The van der Waals surface area contributed by atoms with E-state index in [0.29, 0.717) is 32.7 Å². The van der Waals surface area contributed by atoms with E-state index in [1.165, 1.54) is 0 Å². The average Bonchev–Trinajstić information content (AvgIpc) is 3.24. The molecule has 7 nitrogen and oxygen atoms in total. The molecule has 37 heavy (non-hydrogen) atoms. The molecule has 0 unspecified atom stereocenters. The fourth-order valence-electron chi connectivity index (χ4n) is 5.30. The van der Waals surface area contributed by atoms with Gasteiger partial charge in [-0.25, -0.2) is 0 Å². The number of carbonyl (C=O) groups excluding carboxylic acids is 1. The quantitative estimate of drug-likeness (QED) is 0.416. The molecule has 1 heterocycles. The molecule has 1 N–H and O–H groups in total. The molecule has 3 atom stereocenters. The van der Waals surface area contributed by atoms with Crippen LogP contribution in [-0.4, -0.2) is 67.3 Å². The number of Topliss-reactive ketones (excluding diaryl/α,β-unsaturated/α-hetero) is 1. The van der Waals surface area contributed by atoms with Gasteiger partial charge in [0.2, 0.25) is 0 Å². The molecule has 2 aromatic rings. The van der Waals surface area contributed by atoms with Crippen LogP contribution in [0.4, 0.5) is 0 Å². The molecular weight excluding hydrogens is 470 g/mol. The van der Waals surface area contributed by atoms with E-state index in [1.54, 1.807) is 7.11 Å². The van der Waals surface area contributed by atoms with Crippen molar-refractivity contribution >= 4 is 11.8 Å². The number of ether oxygens (including phenoxy) is 3. The van der Waals surface area contributed by atoms with Crippen molar-refractivity contribution in [1.29, 1.82) is 0 Å². The van der Waals surface area contributed by atoms with Crippen molar-refractivity contribution in [2.75, 3.05) is 33.4 Å². The summed E-state index contributed by atoms with van der Waals surface area (Å²) in [5.41, 5.74) is 3.28. The van der Waals surface area contributed by atoms with E-state index in [1.807, 2.05) is 30.4 Å². The maximum Gasteiger partial charge on any atom is 0.303 e. The fraction of sp³-hybridized carbons (Fsp3) is 0.467. The van der Waals surface area contributed by atoms with E-state index in [9.17, 15) is 9.59 Å². The van der Waals surface area contributed by atoms with Crippen LogP contribution in [0.2, 0.25) is 0 Å². The summed E-state index contributed by atoms with van der Waals surface area (Å²) in [5, 5.41) is 8.82. The first kappa shape index (κ1) is 27.0. The minimum Gasteiger partial charge on any atom is -0.497 e. The van der Waals surface area contributed by atoms with Crippen LogP contribution >= 0.6 is 0 Å². The van der Waals surface area contributed by atoms with Gasteiger partial charge in [0, 0.05) is 31.8 Å². The van der Waals surface area contributed by atoms with Crippen molar-refractivity contribution in [3.63, 3.8) is 0 Å². The first-order valence-corrected chi connectivity index (χ1v) is 13.1. The van der Waals surface area contributed by atoms with Crippen molar-refractivity contribution in [3.8, 4) is 16.9 Å². The predicted molar refractivity (Wildman–Crippen MR) is 142 cm³/mol. The number of benzene rings is 2. The summed E-state index contributed by atoms with van der Waals surface area (Å²) in [4.78, 5) is 26.1. The lowest BCUT2D eigenvalue weighted by molar-refractivity contribution is -0.136. The standard InChI is InChI=1S/C30H37NO6/c1-35-25-8-6-7-24(19-25)23-13-11-22(12-14-23)21-37-28-20-27(32)30(31-15-17-36-18-16-31)26(28)9-4-2-3-5-10-29(33)34/h2-3,6-8,11-14,19,26,28,30H,4-5,9-10,15-18,20-21H2,1H3,(H,33,34)/t26-,28-,30+/m0/s1. The monoisotopic (exact) mass is 507 g/mol. The van der Waals surface area contributed by atoms with E-state index in [2.05, 4.69) is 35.2 Å². The van der Waals surface area contributed by atoms with Gasteiger partial charge in [-0.05, 0) is 48.1 Å². The molecule has 0 amide bonds. The second kappa shape index (κ2) is 13.5. The maximum absolute atomic E-state index is 13.1. The van der Waals surface area contributed by atoms with Gasteiger partial charge in [-0.1, -0.05) is 48.6 Å². The molecule has 0 aromatic heterocycles. The third-order valence-electron chi connectivity index (χ3n) is 7.23. The third-order valence-corrected chi connectivity index (χ3v) is 7.23. The zero-order valence-electron chi connectivity index (χ0n) is 21.5. The lowest BCUT2D eigenvalue weighted by Gasteiger charge is -2.35. The summed E-state index contributed by atoms with van der Waals surface area (Å²) in [6.45, 7) is 3.28. The van der Waals surface area contributed by atoms with Crippen LogP contribution in [-0.2, 0) is 25.7 Å². The number of carbonyl (C=O) groups is 2. The molecule has 4 rings (SSSR count). The van der Waals surface area contributed by atoms with E-state index in [0.717, 1.165) is 48.4 Å². The maximum atomic E-state index is 13.1. The molecule has 198 valence electrons. The average molecular weight is 508 g/mol. The fourth-order valence-corrected chi connectivity index (χ4v) is 5.30. The van der Waals surface area contributed by atoms with Crippen LogP contribution < -0.4 is 4.74 Å². The SMILES string of the molecule is COc1cccc(-c2ccc(CO[C@H]3CC(=O)[C@H](N4CCOCC4)[C@H]3CCC=CCCC(=O)O)cc2)c1. The molecule has 1 saturated heterocycles. The Labute approximate surface area is 219 Å². The molecule has 1 aliphatic heterocycles. The largest absolute Gasteiger partial charge is 0.497 e. The molecule has 2 fully saturated rings. The van der Waals surface area contributed by atoms with Gasteiger partial charge in [-0.3, -0.25) is 14.5 Å². The normalized spacial score (nSPS) is 22.5. The number of aliphatic carboxylic acids is 1. The number of hydrogen-bond donors (Lipinski definition) is 1. The Kier molecular flexibility index (Phi) is 9.88. The molecule has 2 aliphatic rings. The van der Waals surface area contributed by atoms with Crippen LogP contribution in [0.3, 0.4) is 0 Å². The first-order chi connectivity index (χ1) is 18.0. The van der Waals surface area contributed by atoms with Crippen LogP contribution in [0.1, 0.15) is 37.7 Å². The smallest absolute Gasteiger partial charge is 0.303 e. The van der Waals surface area contributed by atoms with Crippen molar-refractivity contribution in [2.45, 2.75) is 50.9 Å². The van der Waals surface area contributed by atoms with Gasteiger partial charge in [0.1, 0.15) is 5.75 Å². The Morgan fingerprint density at radius 3 is 2.57 bits per heavy atom. The van der Waals surface area contributed by atoms with E-state index >= 15 is 0 Å². The van der Waals surface area contributed by atoms with Gasteiger partial charge in [0.25, 0.3) is 0 Å². The van der Waals surface area contributed by atoms with Crippen LogP contribution in [0.25, 0.3) is 11.1 Å². The molecular formula is C30H37NO6. The summed E-state index contributed by atoms with van der Waals surface area (Å²) in [6, 6.07) is 16.2. The van der Waals surface area contributed by atoms with Crippen LogP contribution in [0.15, 0.2) is 60.7 Å². The minimum absolute atomic E-state index is 0.103. The number of nitrogens with zero attached hydrogens (tertiary/aromatic N) is 1. The van der Waals surface area contributed by atoms with Gasteiger partial charge < -0.3 is 19.3 Å². The van der Waals surface area contributed by atoms with Crippen LogP contribution in [0.5, 0.6) is 5.75 Å². The lowest BCUT2D eigenvalue weighted by Crippen LogP contribution is -2.49. The van der Waals surface area contributed by atoms with Gasteiger partial charge in [0.15, 0.2) is 5.78 Å². The third kappa shape index (κ3) is 7.51. The topological polar surface area (TPSA) is 85.3 Å². The molecule has 2 aromatic carbocycles. The van der Waals surface area contributed by atoms with Crippen molar-refractivity contribution in [3.05, 3.63) is 66.2 Å². The highest BCUT2D eigenvalue weighted by Gasteiger charge is 2.45. The molecule has 1 saturated carbocycles. The number of carboxylic acids is 1. The molecule has 0 spiro atoms. The lowest BCUT2D eigenvalue weighted by atomic mass is 9.93. The summed E-state index contributed by atoms with van der Waals surface area (Å²) in [7, 11) is 1.67. The van der Waals surface area contributed by atoms with E-state index in [-0.39, 0.29) is 30.3 Å². The predicted octanol–water partition coefficient (Wildman–Crippen LogP) is 4.74. The van der Waals surface area contributed by atoms with Gasteiger partial charge in [0.05, 0.1) is 39.1 Å². The zero-order valence-corrected chi connectivity index (χ0v) is 21.5. The summed E-state index contributed by atoms with van der Waals surface area (Å²) in [6.07, 6.45) is 6.55. The molecule has 0 radical (unpaired) electrons. The number of methoxy groups -OCH3 is 1. The van der Waals surface area contributed by atoms with E-state index in [4.69, 9.17) is 19.3 Å². The number of hydrogen-bond acceptors (Lipinski definition) is 6. The highest BCUT2D eigenvalue weighted by molar-refractivity contribution is 5.87. The Hall–Kier alpha value is -3.00. The van der Waals surface area contributed by atoms with Gasteiger partial charge in [-0.15, -0.1) is 0 Å². The van der Waals surface area contributed by atoms with Crippen LogP contribution in [0, 0.1) is 5.92 Å². The van der Waals surface area contributed by atoms with Crippen molar-refractivity contribution in [1.82, 2.24) is 4.90 Å². The Balaban J connectivity index is 1.39. The Morgan fingerprint density at radius 1 is 1.08 bits per heavy atom. The second-order valence-electron chi connectivity index (χ2n) is 9.69.